The van der Waals surface area contributed by atoms with Crippen LogP contribution in [0.3, 0.4) is 0 Å². The fourth-order valence-electron chi connectivity index (χ4n) is 4.13. The van der Waals surface area contributed by atoms with E-state index in [1.54, 1.807) is 0 Å². The maximum Gasteiger partial charge on any atom is 0.338 e. The van der Waals surface area contributed by atoms with Crippen molar-refractivity contribution >= 4 is 29.0 Å². The molecule has 32 heavy (non-hydrogen) atoms. The van der Waals surface area contributed by atoms with Crippen LogP contribution >= 0.6 is 11.3 Å². The Bertz CT molecular complexity index is 984. The molecule has 0 unspecified atom stereocenters. The number of hydrogen-bond donors (Lipinski definition) is 2. The predicted molar refractivity (Wildman–Crippen MR) is 124 cm³/mol. The normalized spacial score (nSPS) is 19.4. The van der Waals surface area contributed by atoms with Crippen LogP contribution in [0, 0.1) is 0 Å². The average molecular weight is 457 g/mol. The van der Waals surface area contributed by atoms with E-state index in [2.05, 4.69) is 26.5 Å². The largest absolute Gasteiger partial charge is 0.492 e. The third kappa shape index (κ3) is 4.73. The molecule has 3 heterocycles. The molecule has 0 aliphatic carbocycles. The highest BCUT2D eigenvalue weighted by Gasteiger charge is 2.35. The number of methoxy groups -OCH3 is 1. The van der Waals surface area contributed by atoms with Crippen LogP contribution < -0.4 is 20.3 Å². The van der Waals surface area contributed by atoms with Gasteiger partial charge in [-0.05, 0) is 30.5 Å². The summed E-state index contributed by atoms with van der Waals surface area (Å²) in [6, 6.07) is 11.1. The molecule has 8 nitrogen and oxygen atoms in total. The zero-order valence-electron chi connectivity index (χ0n) is 18.3. The monoisotopic (exact) mass is 456 g/mol. The summed E-state index contributed by atoms with van der Waals surface area (Å²) >= 11 is 1.50. The van der Waals surface area contributed by atoms with Crippen molar-refractivity contribution in [2.75, 3.05) is 51.3 Å². The van der Waals surface area contributed by atoms with Crippen LogP contribution in [-0.2, 0) is 9.53 Å². The van der Waals surface area contributed by atoms with Crippen LogP contribution in [-0.4, -0.2) is 63.3 Å². The van der Waals surface area contributed by atoms with Crippen LogP contribution in [0.15, 0.2) is 53.0 Å². The molecule has 1 aromatic carbocycles. The third-order valence-corrected chi connectivity index (χ3v) is 6.58. The topological polar surface area (TPSA) is 83.1 Å². The fourth-order valence-corrected chi connectivity index (χ4v) is 4.91. The first-order valence-electron chi connectivity index (χ1n) is 10.7. The molecule has 2 aliphatic heterocycles. The number of nitrogens with zero attached hydrogens (tertiary/aromatic N) is 2. The van der Waals surface area contributed by atoms with Gasteiger partial charge < -0.3 is 25.0 Å². The van der Waals surface area contributed by atoms with E-state index in [0.29, 0.717) is 24.4 Å². The second kappa shape index (κ2) is 10.1. The minimum absolute atomic E-state index is 0.310. The number of amides is 2. The third-order valence-electron chi connectivity index (χ3n) is 5.65. The zero-order chi connectivity index (χ0) is 22.5. The Kier molecular flexibility index (Phi) is 6.96. The number of benzene rings is 1. The summed E-state index contributed by atoms with van der Waals surface area (Å²) in [6.07, 6.45) is 0. The molecule has 1 fully saturated rings. The van der Waals surface area contributed by atoms with Gasteiger partial charge in [0.05, 0.1) is 31.0 Å². The van der Waals surface area contributed by atoms with E-state index in [1.807, 2.05) is 42.6 Å². The molecule has 4 rings (SSSR count). The van der Waals surface area contributed by atoms with Crippen molar-refractivity contribution in [3.05, 3.63) is 57.9 Å². The molecule has 1 aromatic heterocycles. The molecular formula is C23H28N4O4S. The first kappa shape index (κ1) is 22.2. The first-order chi connectivity index (χ1) is 15.6. The number of para-hydroxylation sites is 2. The van der Waals surface area contributed by atoms with E-state index in [1.165, 1.54) is 18.4 Å². The first-order valence-corrected chi connectivity index (χ1v) is 11.6. The Labute approximate surface area is 191 Å². The van der Waals surface area contributed by atoms with Gasteiger partial charge in [0.15, 0.2) is 0 Å². The molecule has 170 valence electrons. The van der Waals surface area contributed by atoms with Gasteiger partial charge in [0, 0.05) is 43.3 Å². The number of rotatable bonds is 7. The van der Waals surface area contributed by atoms with Gasteiger partial charge in [0.2, 0.25) is 0 Å². The summed E-state index contributed by atoms with van der Waals surface area (Å²) in [5.74, 6) is 0.457. The number of hydrogen-bond acceptors (Lipinski definition) is 7. The number of ether oxygens (including phenoxy) is 2. The van der Waals surface area contributed by atoms with E-state index >= 15 is 0 Å². The summed E-state index contributed by atoms with van der Waals surface area (Å²) in [6.45, 7) is 6.33. The number of nitrogens with one attached hydrogen (secondary N) is 2. The minimum Gasteiger partial charge on any atom is -0.492 e. The minimum atomic E-state index is -0.509. The van der Waals surface area contributed by atoms with Gasteiger partial charge in [-0.25, -0.2) is 9.59 Å². The molecule has 1 saturated heterocycles. The Morgan fingerprint density at radius 1 is 1.16 bits per heavy atom. The molecule has 0 saturated carbocycles. The maximum absolute atomic E-state index is 12.7. The number of esters is 1. The summed E-state index contributed by atoms with van der Waals surface area (Å²) in [5, 5.41) is 7.63. The van der Waals surface area contributed by atoms with E-state index < -0.39 is 12.0 Å². The molecule has 2 amide bonds. The number of urea groups is 1. The molecule has 2 N–H and O–H groups in total. The van der Waals surface area contributed by atoms with Gasteiger partial charge in [-0.1, -0.05) is 18.2 Å². The van der Waals surface area contributed by atoms with Crippen LogP contribution in [0.4, 0.5) is 10.5 Å². The van der Waals surface area contributed by atoms with Gasteiger partial charge in [-0.3, -0.25) is 4.90 Å². The number of carbonyl (C=O) groups is 2. The van der Waals surface area contributed by atoms with Crippen molar-refractivity contribution in [3.8, 4) is 5.75 Å². The molecule has 1 atom stereocenters. The van der Waals surface area contributed by atoms with Crippen LogP contribution in [0.1, 0.15) is 17.8 Å². The van der Waals surface area contributed by atoms with Crippen LogP contribution in [0.2, 0.25) is 0 Å². The lowest BCUT2D eigenvalue weighted by atomic mass is 10.0. The van der Waals surface area contributed by atoms with Crippen molar-refractivity contribution in [2.45, 2.75) is 13.0 Å². The van der Waals surface area contributed by atoms with Gasteiger partial charge in [-0.2, -0.15) is 0 Å². The van der Waals surface area contributed by atoms with Gasteiger partial charge in [0.25, 0.3) is 0 Å². The lowest BCUT2D eigenvalue weighted by Gasteiger charge is -2.38. The van der Waals surface area contributed by atoms with Crippen LogP contribution in [0.5, 0.6) is 5.75 Å². The van der Waals surface area contributed by atoms with Crippen molar-refractivity contribution < 1.29 is 19.1 Å². The highest BCUT2D eigenvalue weighted by atomic mass is 32.1. The lowest BCUT2D eigenvalue weighted by Crippen LogP contribution is -2.51. The number of thiophene rings is 1. The SMILES string of the molecule is CCOc1ccccc1N1CCN(CC2=C(C(=O)OC)[C@@H](c3cccs3)NC(=O)N2)CC1. The summed E-state index contributed by atoms with van der Waals surface area (Å²) in [7, 11) is 1.36. The summed E-state index contributed by atoms with van der Waals surface area (Å²) in [4.78, 5) is 30.5. The van der Waals surface area contributed by atoms with E-state index in [4.69, 9.17) is 9.47 Å². The van der Waals surface area contributed by atoms with Crippen LogP contribution in [0.25, 0.3) is 0 Å². The van der Waals surface area contributed by atoms with Crippen molar-refractivity contribution in [3.63, 3.8) is 0 Å². The second-order valence-corrected chi connectivity index (χ2v) is 8.57. The summed E-state index contributed by atoms with van der Waals surface area (Å²) < 4.78 is 10.8. The molecule has 0 bridgehead atoms. The smallest absolute Gasteiger partial charge is 0.338 e. The molecule has 9 heteroatoms. The highest BCUT2D eigenvalue weighted by molar-refractivity contribution is 7.10. The Morgan fingerprint density at radius 3 is 2.62 bits per heavy atom. The molecule has 0 radical (unpaired) electrons. The quantitative estimate of drug-likeness (QED) is 0.624. The highest BCUT2D eigenvalue weighted by Crippen LogP contribution is 2.32. The van der Waals surface area contributed by atoms with Gasteiger partial charge in [0.1, 0.15) is 5.75 Å². The Hall–Kier alpha value is -3.04. The van der Waals surface area contributed by atoms with Crippen molar-refractivity contribution in [2.24, 2.45) is 0 Å². The number of anilines is 1. The molecule has 2 aliphatic rings. The van der Waals surface area contributed by atoms with Crippen molar-refractivity contribution in [1.82, 2.24) is 15.5 Å². The van der Waals surface area contributed by atoms with Gasteiger partial charge in [-0.15, -0.1) is 11.3 Å². The Balaban J connectivity index is 1.50. The fraction of sp³-hybridized carbons (Fsp3) is 0.391. The van der Waals surface area contributed by atoms with E-state index in [-0.39, 0.29) is 6.03 Å². The Morgan fingerprint density at radius 2 is 1.94 bits per heavy atom. The van der Waals surface area contributed by atoms with Crippen molar-refractivity contribution in [1.29, 1.82) is 0 Å². The maximum atomic E-state index is 12.7. The average Bonchev–Trinajstić information content (AvgIpc) is 3.34. The lowest BCUT2D eigenvalue weighted by molar-refractivity contribution is -0.136. The molecule has 2 aromatic rings. The van der Waals surface area contributed by atoms with E-state index in [9.17, 15) is 9.59 Å². The number of carbonyl (C=O) groups excluding carboxylic acids is 2. The molecule has 0 spiro atoms. The number of piperazine rings is 1. The van der Waals surface area contributed by atoms with Gasteiger partial charge >= 0.3 is 12.0 Å². The predicted octanol–water partition coefficient (Wildman–Crippen LogP) is 2.75. The zero-order valence-corrected chi connectivity index (χ0v) is 19.1. The summed E-state index contributed by atoms with van der Waals surface area (Å²) in [5.41, 5.74) is 2.15. The standard InChI is InChI=1S/C23H28N4O4S/c1-3-31-18-8-5-4-7-17(18)27-12-10-26(11-13-27)15-16-20(22(28)30-2)21(25-23(29)24-16)19-9-6-14-32-19/h4-9,14,21H,3,10-13,15H2,1-2H3,(H2,24,25,29)/t21-/m1/s1. The van der Waals surface area contributed by atoms with E-state index in [0.717, 1.165) is 42.5 Å². The molecular weight excluding hydrogens is 428 g/mol. The second-order valence-electron chi connectivity index (χ2n) is 7.59.